The Morgan fingerprint density at radius 3 is 2.07 bits per heavy atom. The zero-order valence-corrected chi connectivity index (χ0v) is 15.6. The zero-order chi connectivity index (χ0) is 20.8. The molecule has 2 rings (SSSR count). The van der Waals surface area contributed by atoms with E-state index in [4.69, 9.17) is 0 Å². The van der Waals surface area contributed by atoms with Gasteiger partial charge in [-0.05, 0) is 42.5 Å². The summed E-state index contributed by atoms with van der Waals surface area (Å²) in [5, 5.41) is 14.5. The minimum atomic E-state index is -1.22. The largest absolute Gasteiger partial charge is 0.478 e. The molecule has 0 spiro atoms. The van der Waals surface area contributed by atoms with Crippen LogP contribution in [-0.2, 0) is 9.53 Å². The van der Waals surface area contributed by atoms with E-state index >= 15 is 0 Å². The van der Waals surface area contributed by atoms with Crippen molar-refractivity contribution in [3.8, 4) is 0 Å². The number of hydrogen-bond donors (Lipinski definition) is 3. The van der Waals surface area contributed by atoms with Crippen molar-refractivity contribution in [2.24, 2.45) is 5.92 Å². The van der Waals surface area contributed by atoms with E-state index in [2.05, 4.69) is 15.4 Å². The second kappa shape index (κ2) is 8.81. The number of carboxylic acid groups (broad SMARTS) is 1. The van der Waals surface area contributed by atoms with Gasteiger partial charge in [0.15, 0.2) is 0 Å². The Bertz CT molecular complexity index is 919. The van der Waals surface area contributed by atoms with Gasteiger partial charge in [0.05, 0.1) is 23.9 Å². The fourth-order valence-electron chi connectivity index (χ4n) is 2.27. The summed E-state index contributed by atoms with van der Waals surface area (Å²) in [4.78, 5) is 47.2. The molecular weight excluding hydrogens is 364 g/mol. The summed E-state index contributed by atoms with van der Waals surface area (Å²) in [5.41, 5.74) is 0.780. The molecule has 8 heteroatoms. The molecule has 0 aromatic heterocycles. The Kier molecular flexibility index (Phi) is 6.49. The second-order valence-electron chi connectivity index (χ2n) is 6.23. The first-order chi connectivity index (χ1) is 13.2. The van der Waals surface area contributed by atoms with Crippen LogP contribution < -0.4 is 10.6 Å². The summed E-state index contributed by atoms with van der Waals surface area (Å²) >= 11 is 0. The van der Waals surface area contributed by atoms with Gasteiger partial charge in [-0.1, -0.05) is 13.8 Å². The number of carbonyl (C=O) groups is 4. The highest BCUT2D eigenvalue weighted by Crippen LogP contribution is 2.23. The first-order valence-electron chi connectivity index (χ1n) is 8.41. The van der Waals surface area contributed by atoms with Crippen molar-refractivity contribution in [3.63, 3.8) is 0 Å². The van der Waals surface area contributed by atoms with Gasteiger partial charge in [0.1, 0.15) is 0 Å². The highest BCUT2D eigenvalue weighted by atomic mass is 16.5. The Hall–Kier alpha value is -3.68. The first-order valence-corrected chi connectivity index (χ1v) is 8.41. The Morgan fingerprint density at radius 2 is 1.54 bits per heavy atom. The van der Waals surface area contributed by atoms with Gasteiger partial charge in [-0.25, -0.2) is 9.59 Å². The molecule has 0 saturated carbocycles. The SMILES string of the molecule is COC(=O)c1ccc(C(=O)Nc2cc(NC(=O)C(C)C)ccc2C(=O)O)cc1. The zero-order valence-electron chi connectivity index (χ0n) is 15.6. The van der Waals surface area contributed by atoms with Crippen LogP contribution in [0.2, 0.25) is 0 Å². The van der Waals surface area contributed by atoms with Crippen LogP contribution in [0.5, 0.6) is 0 Å². The van der Waals surface area contributed by atoms with E-state index in [1.807, 2.05) is 0 Å². The van der Waals surface area contributed by atoms with Crippen molar-refractivity contribution in [3.05, 3.63) is 59.2 Å². The molecule has 28 heavy (non-hydrogen) atoms. The van der Waals surface area contributed by atoms with E-state index in [1.54, 1.807) is 13.8 Å². The van der Waals surface area contributed by atoms with Gasteiger partial charge < -0.3 is 20.5 Å². The molecule has 0 saturated heterocycles. The van der Waals surface area contributed by atoms with Crippen molar-refractivity contribution in [1.82, 2.24) is 0 Å². The summed E-state index contributed by atoms with van der Waals surface area (Å²) in [6.07, 6.45) is 0. The van der Waals surface area contributed by atoms with Crippen LogP contribution in [0.3, 0.4) is 0 Å². The topological polar surface area (TPSA) is 122 Å². The van der Waals surface area contributed by atoms with E-state index in [1.165, 1.54) is 49.6 Å². The van der Waals surface area contributed by atoms with Crippen molar-refractivity contribution in [2.45, 2.75) is 13.8 Å². The number of esters is 1. The molecule has 2 amide bonds. The number of carbonyl (C=O) groups excluding carboxylic acids is 3. The van der Waals surface area contributed by atoms with Crippen LogP contribution in [0.1, 0.15) is 44.9 Å². The number of benzene rings is 2. The lowest BCUT2D eigenvalue weighted by atomic mass is 10.1. The first kappa shape index (κ1) is 20.6. The number of ether oxygens (including phenoxy) is 1. The molecule has 2 aromatic carbocycles. The van der Waals surface area contributed by atoms with Gasteiger partial charge in [-0.15, -0.1) is 0 Å². The average molecular weight is 384 g/mol. The molecule has 0 fully saturated rings. The molecule has 0 unspecified atom stereocenters. The number of rotatable bonds is 6. The number of aromatic carboxylic acids is 1. The monoisotopic (exact) mass is 384 g/mol. The standard InChI is InChI=1S/C20H20N2O6/c1-11(2)17(23)21-14-8-9-15(19(25)26)16(10-14)22-18(24)12-4-6-13(7-5-12)20(27)28-3/h4-11H,1-3H3,(H,21,23)(H,22,24)(H,25,26). The lowest BCUT2D eigenvalue weighted by molar-refractivity contribution is -0.118. The predicted octanol–water partition coefficient (Wildman–Crippen LogP) is 3.02. The smallest absolute Gasteiger partial charge is 0.337 e. The summed E-state index contributed by atoms with van der Waals surface area (Å²) in [7, 11) is 1.25. The number of anilines is 2. The van der Waals surface area contributed by atoms with Crippen LogP contribution in [0.25, 0.3) is 0 Å². The molecule has 0 radical (unpaired) electrons. The molecule has 2 aromatic rings. The Balaban J connectivity index is 2.27. The third-order valence-electron chi connectivity index (χ3n) is 3.86. The maximum Gasteiger partial charge on any atom is 0.337 e. The van der Waals surface area contributed by atoms with E-state index in [-0.39, 0.29) is 34.2 Å². The van der Waals surface area contributed by atoms with Gasteiger partial charge in [0, 0.05) is 17.2 Å². The lowest BCUT2D eigenvalue weighted by Gasteiger charge is -2.13. The minimum Gasteiger partial charge on any atom is -0.478 e. The molecule has 0 aliphatic heterocycles. The number of hydrogen-bond acceptors (Lipinski definition) is 5. The van der Waals surface area contributed by atoms with Gasteiger partial charge in [0.2, 0.25) is 5.91 Å². The fourth-order valence-corrected chi connectivity index (χ4v) is 2.27. The molecule has 0 bridgehead atoms. The van der Waals surface area contributed by atoms with Crippen LogP contribution >= 0.6 is 0 Å². The summed E-state index contributed by atoms with van der Waals surface area (Å²) in [6.45, 7) is 3.45. The van der Waals surface area contributed by atoms with Crippen molar-refractivity contribution >= 4 is 35.1 Å². The summed E-state index contributed by atoms with van der Waals surface area (Å²) < 4.78 is 4.60. The van der Waals surface area contributed by atoms with E-state index in [0.29, 0.717) is 5.69 Å². The van der Waals surface area contributed by atoms with Crippen LogP contribution in [-0.4, -0.2) is 36.0 Å². The highest BCUT2D eigenvalue weighted by molar-refractivity contribution is 6.08. The number of nitrogens with one attached hydrogen (secondary N) is 2. The molecule has 3 N–H and O–H groups in total. The molecule has 0 aliphatic rings. The third-order valence-corrected chi connectivity index (χ3v) is 3.86. The quantitative estimate of drug-likeness (QED) is 0.658. The second-order valence-corrected chi connectivity index (χ2v) is 6.23. The van der Waals surface area contributed by atoms with E-state index < -0.39 is 17.8 Å². The van der Waals surface area contributed by atoms with E-state index in [9.17, 15) is 24.3 Å². The third kappa shape index (κ3) is 4.94. The van der Waals surface area contributed by atoms with Crippen molar-refractivity contribution in [1.29, 1.82) is 0 Å². The highest BCUT2D eigenvalue weighted by Gasteiger charge is 2.16. The average Bonchev–Trinajstić information content (AvgIpc) is 2.67. The number of amides is 2. The van der Waals surface area contributed by atoms with Gasteiger partial charge in [-0.3, -0.25) is 9.59 Å². The van der Waals surface area contributed by atoms with Crippen molar-refractivity contribution < 1.29 is 29.0 Å². The Morgan fingerprint density at radius 1 is 0.929 bits per heavy atom. The maximum absolute atomic E-state index is 12.5. The minimum absolute atomic E-state index is 0.0381. The number of carboxylic acids is 1. The van der Waals surface area contributed by atoms with E-state index in [0.717, 1.165) is 0 Å². The maximum atomic E-state index is 12.5. The van der Waals surface area contributed by atoms with Gasteiger partial charge >= 0.3 is 11.9 Å². The van der Waals surface area contributed by atoms with Gasteiger partial charge in [-0.2, -0.15) is 0 Å². The van der Waals surface area contributed by atoms with Crippen LogP contribution in [0, 0.1) is 5.92 Å². The van der Waals surface area contributed by atoms with Crippen molar-refractivity contribution in [2.75, 3.05) is 17.7 Å². The molecule has 0 aliphatic carbocycles. The van der Waals surface area contributed by atoms with Crippen LogP contribution in [0.15, 0.2) is 42.5 Å². The Labute approximate surface area is 161 Å². The normalized spacial score (nSPS) is 10.3. The molecule has 146 valence electrons. The fraction of sp³-hybridized carbons (Fsp3) is 0.200. The molecule has 0 atom stereocenters. The summed E-state index contributed by atoms with van der Waals surface area (Å²) in [5.74, 6) is -2.82. The van der Waals surface area contributed by atoms with Crippen LogP contribution in [0.4, 0.5) is 11.4 Å². The predicted molar refractivity (Wildman–Crippen MR) is 103 cm³/mol. The molecule has 0 heterocycles. The number of methoxy groups -OCH3 is 1. The summed E-state index contributed by atoms with van der Waals surface area (Å²) in [6, 6.07) is 9.83. The molecular formula is C20H20N2O6. The lowest BCUT2D eigenvalue weighted by Crippen LogP contribution is -2.19. The van der Waals surface area contributed by atoms with Gasteiger partial charge in [0.25, 0.3) is 5.91 Å². The molecule has 8 nitrogen and oxygen atoms in total.